The van der Waals surface area contributed by atoms with Crippen molar-refractivity contribution in [1.82, 2.24) is 19.7 Å². The molecule has 10 heteroatoms. The Kier molecular flexibility index (Phi) is 6.82. The third kappa shape index (κ3) is 4.98. The number of ether oxygens (including phenoxy) is 2. The number of aliphatic carboxylic acids is 1. The standard InChI is InChI=1S/C21H20Cl2N4O4/c1-11-18(19(21(28)29)12(2)30-4)20(25-13(3)24-11)31-17-8-9-27(26-17)10-14-15(22)6-5-7-16(14)23/h5-9H,10H2,1-4H3,(H,28,29). The molecule has 0 fully saturated rings. The largest absolute Gasteiger partial charge is 0.500 e. The average Bonchev–Trinajstić information content (AvgIpc) is 3.13. The van der Waals surface area contributed by atoms with Crippen molar-refractivity contribution in [2.45, 2.75) is 27.3 Å². The Balaban J connectivity index is 1.98. The molecule has 3 aromatic rings. The van der Waals surface area contributed by atoms with Crippen LogP contribution >= 0.6 is 23.2 Å². The van der Waals surface area contributed by atoms with E-state index < -0.39 is 5.97 Å². The minimum Gasteiger partial charge on any atom is -0.500 e. The van der Waals surface area contributed by atoms with Crippen LogP contribution in [0, 0.1) is 13.8 Å². The minimum atomic E-state index is -1.18. The second-order valence-corrected chi connectivity index (χ2v) is 7.45. The fraction of sp³-hybridized carbons (Fsp3) is 0.238. The number of aryl methyl sites for hydroxylation is 2. The van der Waals surface area contributed by atoms with Gasteiger partial charge in [-0.05, 0) is 32.9 Å². The third-order valence-electron chi connectivity index (χ3n) is 4.49. The van der Waals surface area contributed by atoms with Crippen molar-refractivity contribution < 1.29 is 19.4 Å². The number of hydrogen-bond acceptors (Lipinski definition) is 6. The molecule has 0 atom stereocenters. The Bertz CT molecular complexity index is 1150. The van der Waals surface area contributed by atoms with E-state index in [9.17, 15) is 9.90 Å². The maximum absolute atomic E-state index is 11.9. The van der Waals surface area contributed by atoms with Crippen LogP contribution in [0.2, 0.25) is 10.0 Å². The zero-order valence-corrected chi connectivity index (χ0v) is 18.8. The maximum Gasteiger partial charge on any atom is 0.340 e. The summed E-state index contributed by atoms with van der Waals surface area (Å²) in [4.78, 5) is 20.5. The number of benzene rings is 1. The molecule has 0 saturated carbocycles. The molecule has 0 unspecified atom stereocenters. The van der Waals surface area contributed by atoms with Crippen molar-refractivity contribution >= 4 is 34.7 Å². The molecule has 0 aliphatic rings. The monoisotopic (exact) mass is 462 g/mol. The molecule has 0 spiro atoms. The first-order valence-corrected chi connectivity index (χ1v) is 9.94. The first-order chi connectivity index (χ1) is 14.7. The highest BCUT2D eigenvalue weighted by atomic mass is 35.5. The van der Waals surface area contributed by atoms with Crippen molar-refractivity contribution in [1.29, 1.82) is 0 Å². The predicted octanol–water partition coefficient (Wildman–Crippen LogP) is 4.90. The molecule has 8 nitrogen and oxygen atoms in total. The van der Waals surface area contributed by atoms with Gasteiger partial charge in [-0.3, -0.25) is 4.68 Å². The quantitative estimate of drug-likeness (QED) is 0.393. The van der Waals surface area contributed by atoms with E-state index in [1.165, 1.54) is 7.11 Å². The molecule has 3 rings (SSSR count). The van der Waals surface area contributed by atoms with E-state index in [0.717, 1.165) is 5.56 Å². The molecule has 0 aliphatic carbocycles. The van der Waals surface area contributed by atoms with E-state index in [4.69, 9.17) is 32.7 Å². The SMILES string of the molecule is COC(C)=C(C(=O)O)c1c(C)nc(C)nc1Oc1ccn(Cc2c(Cl)cccc2Cl)n1. The van der Waals surface area contributed by atoms with E-state index in [1.54, 1.807) is 55.9 Å². The Morgan fingerprint density at radius 1 is 1.16 bits per heavy atom. The van der Waals surface area contributed by atoms with Gasteiger partial charge in [0.2, 0.25) is 11.8 Å². The van der Waals surface area contributed by atoms with Gasteiger partial charge in [0.1, 0.15) is 17.2 Å². The molecule has 2 heterocycles. The number of carboxylic acids is 1. The highest BCUT2D eigenvalue weighted by Gasteiger charge is 2.25. The summed E-state index contributed by atoms with van der Waals surface area (Å²) in [6.45, 7) is 5.25. The second kappa shape index (κ2) is 9.36. The number of aromatic nitrogens is 4. The Hall–Kier alpha value is -3.10. The van der Waals surface area contributed by atoms with Crippen LogP contribution < -0.4 is 4.74 Å². The van der Waals surface area contributed by atoms with Crippen LogP contribution in [0.5, 0.6) is 11.8 Å². The van der Waals surface area contributed by atoms with E-state index in [2.05, 4.69) is 15.1 Å². The fourth-order valence-corrected chi connectivity index (χ4v) is 3.53. The maximum atomic E-state index is 11.9. The fourth-order valence-electron chi connectivity index (χ4n) is 3.01. The lowest BCUT2D eigenvalue weighted by Gasteiger charge is -2.14. The molecule has 1 aromatic carbocycles. The summed E-state index contributed by atoms with van der Waals surface area (Å²) >= 11 is 12.5. The second-order valence-electron chi connectivity index (χ2n) is 6.63. The summed E-state index contributed by atoms with van der Waals surface area (Å²) in [5.41, 5.74) is 1.30. The molecule has 31 heavy (non-hydrogen) atoms. The molecular formula is C21H20Cl2N4O4. The lowest BCUT2D eigenvalue weighted by Crippen LogP contribution is -2.10. The molecule has 0 radical (unpaired) electrons. The Morgan fingerprint density at radius 2 is 1.84 bits per heavy atom. The number of rotatable bonds is 7. The zero-order valence-electron chi connectivity index (χ0n) is 17.3. The number of hydrogen-bond donors (Lipinski definition) is 1. The van der Waals surface area contributed by atoms with Crippen LogP contribution in [-0.4, -0.2) is 37.9 Å². The normalized spacial score (nSPS) is 11.8. The topological polar surface area (TPSA) is 99.4 Å². The van der Waals surface area contributed by atoms with Gasteiger partial charge in [0.25, 0.3) is 0 Å². The molecule has 2 aromatic heterocycles. The van der Waals surface area contributed by atoms with Crippen LogP contribution in [0.1, 0.15) is 29.6 Å². The Labute approximate surface area is 189 Å². The van der Waals surface area contributed by atoms with Crippen LogP contribution in [0.15, 0.2) is 36.2 Å². The van der Waals surface area contributed by atoms with Crippen LogP contribution in [0.3, 0.4) is 0 Å². The van der Waals surface area contributed by atoms with Crippen molar-refractivity contribution in [3.05, 3.63) is 68.9 Å². The molecular weight excluding hydrogens is 443 g/mol. The molecule has 1 N–H and O–H groups in total. The van der Waals surface area contributed by atoms with Gasteiger partial charge in [0.05, 0.1) is 24.9 Å². The number of carbonyl (C=O) groups is 1. The molecule has 0 saturated heterocycles. The summed E-state index contributed by atoms with van der Waals surface area (Å²) < 4.78 is 12.6. The van der Waals surface area contributed by atoms with E-state index in [-0.39, 0.29) is 28.7 Å². The van der Waals surface area contributed by atoms with Gasteiger partial charge in [-0.15, -0.1) is 5.10 Å². The smallest absolute Gasteiger partial charge is 0.340 e. The summed E-state index contributed by atoms with van der Waals surface area (Å²) in [6.07, 6.45) is 1.70. The summed E-state index contributed by atoms with van der Waals surface area (Å²) in [6, 6.07) is 6.90. The lowest BCUT2D eigenvalue weighted by atomic mass is 10.0. The van der Waals surface area contributed by atoms with Crippen molar-refractivity contribution in [2.24, 2.45) is 0 Å². The first-order valence-electron chi connectivity index (χ1n) is 9.19. The minimum absolute atomic E-state index is 0.0693. The molecule has 0 aliphatic heterocycles. The van der Waals surface area contributed by atoms with Crippen LogP contribution in [-0.2, 0) is 16.1 Å². The van der Waals surface area contributed by atoms with Crippen LogP contribution in [0.25, 0.3) is 5.57 Å². The average molecular weight is 463 g/mol. The molecule has 162 valence electrons. The molecule has 0 bridgehead atoms. The van der Waals surface area contributed by atoms with Crippen LogP contribution in [0.4, 0.5) is 0 Å². The van der Waals surface area contributed by atoms with E-state index in [1.807, 2.05) is 0 Å². The van der Waals surface area contributed by atoms with E-state index in [0.29, 0.717) is 28.1 Å². The van der Waals surface area contributed by atoms with Gasteiger partial charge in [-0.25, -0.2) is 9.78 Å². The number of nitrogens with zero attached hydrogens (tertiary/aromatic N) is 4. The van der Waals surface area contributed by atoms with Gasteiger partial charge in [-0.1, -0.05) is 29.3 Å². The van der Waals surface area contributed by atoms with Crippen molar-refractivity contribution in [3.8, 4) is 11.8 Å². The summed E-state index contributed by atoms with van der Waals surface area (Å²) in [7, 11) is 1.39. The number of allylic oxidation sites excluding steroid dienone is 1. The van der Waals surface area contributed by atoms with Gasteiger partial charge >= 0.3 is 5.97 Å². The highest BCUT2D eigenvalue weighted by molar-refractivity contribution is 6.36. The Morgan fingerprint density at radius 3 is 2.45 bits per heavy atom. The van der Waals surface area contributed by atoms with Gasteiger partial charge in [-0.2, -0.15) is 4.98 Å². The van der Waals surface area contributed by atoms with Gasteiger partial charge in [0, 0.05) is 27.9 Å². The third-order valence-corrected chi connectivity index (χ3v) is 5.20. The van der Waals surface area contributed by atoms with E-state index >= 15 is 0 Å². The van der Waals surface area contributed by atoms with Crippen molar-refractivity contribution in [3.63, 3.8) is 0 Å². The lowest BCUT2D eigenvalue weighted by molar-refractivity contribution is -0.130. The number of carboxylic acid groups (broad SMARTS) is 1. The zero-order chi connectivity index (χ0) is 22.7. The highest BCUT2D eigenvalue weighted by Crippen LogP contribution is 2.32. The van der Waals surface area contributed by atoms with Gasteiger partial charge in [0.15, 0.2) is 0 Å². The predicted molar refractivity (Wildman–Crippen MR) is 117 cm³/mol. The molecule has 0 amide bonds. The van der Waals surface area contributed by atoms with Gasteiger partial charge < -0.3 is 14.6 Å². The number of methoxy groups -OCH3 is 1. The van der Waals surface area contributed by atoms with Crippen molar-refractivity contribution in [2.75, 3.05) is 7.11 Å². The first kappa shape index (κ1) is 22.6. The summed E-state index contributed by atoms with van der Waals surface area (Å²) in [5.74, 6) is -0.259. The number of halogens is 2. The summed E-state index contributed by atoms with van der Waals surface area (Å²) in [5, 5.41) is 15.2.